The number of rotatable bonds is 26. The molecule has 36 heteroatoms. The van der Waals surface area contributed by atoms with Crippen molar-refractivity contribution in [1.82, 2.24) is 29.9 Å². The van der Waals surface area contributed by atoms with Crippen molar-refractivity contribution in [2.24, 2.45) is 4.99 Å². The molecule has 0 aliphatic carbocycles. The Labute approximate surface area is 371 Å². The molecule has 0 bridgehead atoms. The number of hydrogen-bond acceptors (Lipinski definition) is 29. The first-order chi connectivity index (χ1) is 30.2. The molecular formula is C28H32N12O18S6. The van der Waals surface area contributed by atoms with E-state index in [2.05, 4.69) is 79.2 Å². The summed E-state index contributed by atoms with van der Waals surface area (Å²) in [6, 6.07) is 8.08. The molecule has 0 amide bonds. The standard InChI is InChI=1S/C28H32N12O18S6/c29-22(61(44)56-43)15-23-35-24(30-7-10-59-57-54-41)38-27(36-23)34-19-6-4-17(21(14-19)64(51,52)53)2-1-16-3-5-18(13-20(16)60-58-55-42)33-28-39-25(31-8-11-62(45,46)47)37-26(40-28)32-9-12-63(48,49)50/h1-7,13-14,29,41-43H,8-12,15H2,(H,45,46,47)(H,48,49,50)(H,51,52,53)(H,34,35,36,38)(H3,31,32,33,37,39,40). The van der Waals surface area contributed by atoms with Crippen LogP contribution in [-0.4, -0.2) is 130 Å². The topological polar surface area (TPSA) is 449 Å². The fourth-order valence-electron chi connectivity index (χ4n) is 4.50. The molecule has 4 rings (SSSR count). The fraction of sp³-hybridized carbons (Fsp3) is 0.214. The number of nitrogens with zero attached hydrogens (tertiary/aromatic N) is 7. The Morgan fingerprint density at radius 3 is 1.89 bits per heavy atom. The van der Waals surface area contributed by atoms with Crippen LogP contribution in [0.25, 0.3) is 12.2 Å². The Morgan fingerprint density at radius 1 is 0.750 bits per heavy atom. The average Bonchev–Trinajstić information content (AvgIpc) is 3.21. The Bertz CT molecular complexity index is 2640. The monoisotopic (exact) mass is 1020 g/mol. The molecule has 0 saturated heterocycles. The summed E-state index contributed by atoms with van der Waals surface area (Å²) in [4.78, 5) is 28.0. The highest BCUT2D eigenvalue weighted by atomic mass is 32.2. The number of anilines is 6. The summed E-state index contributed by atoms with van der Waals surface area (Å²) in [5.41, 5.74) is 0.502. The second-order valence-corrected chi connectivity index (χ2v) is 18.6. The van der Waals surface area contributed by atoms with Gasteiger partial charge in [-0.1, -0.05) is 34.4 Å². The molecule has 2 aromatic heterocycles. The summed E-state index contributed by atoms with van der Waals surface area (Å²) < 4.78 is 122. The third kappa shape index (κ3) is 18.2. The molecule has 2 aromatic carbocycles. The SMILES string of the molecule is N=C(Cc1nc(N=CCSOOO)nc(Nc2ccc(C=Cc3ccc(Nc4nc(NCCS(=O)(=O)O)nc(NCCS(=O)(=O)O)n4)cc3SOOO)c(S(=O)(=O)O)c2)n1)S(=O)OO. The van der Waals surface area contributed by atoms with E-state index < -0.39 is 69.3 Å². The maximum absolute atomic E-state index is 12.6. The molecule has 0 spiro atoms. The lowest BCUT2D eigenvalue weighted by Crippen LogP contribution is -2.19. The van der Waals surface area contributed by atoms with Gasteiger partial charge in [-0.05, 0) is 35.4 Å². The number of aliphatic imine (C=N–C) groups is 1. The van der Waals surface area contributed by atoms with E-state index in [0.29, 0.717) is 29.6 Å². The zero-order chi connectivity index (χ0) is 46.9. The van der Waals surface area contributed by atoms with Gasteiger partial charge in [0.15, 0.2) is 0 Å². The molecule has 0 aliphatic heterocycles. The zero-order valence-electron chi connectivity index (χ0n) is 31.6. The van der Waals surface area contributed by atoms with Gasteiger partial charge in [-0.15, -0.1) is 13.0 Å². The highest BCUT2D eigenvalue weighted by Gasteiger charge is 2.18. The molecule has 2 heterocycles. The molecule has 0 aliphatic rings. The lowest BCUT2D eigenvalue weighted by molar-refractivity contribution is -0.432. The Morgan fingerprint density at radius 2 is 1.31 bits per heavy atom. The first-order valence-corrected chi connectivity index (χ1v) is 24.1. The highest BCUT2D eigenvalue weighted by molar-refractivity contribution is 7.96. The van der Waals surface area contributed by atoms with Crippen LogP contribution in [0.15, 0.2) is 51.2 Å². The van der Waals surface area contributed by atoms with Crippen molar-refractivity contribution in [3.05, 3.63) is 53.3 Å². The zero-order valence-corrected chi connectivity index (χ0v) is 36.5. The van der Waals surface area contributed by atoms with E-state index in [1.54, 1.807) is 0 Å². The lowest BCUT2D eigenvalue weighted by atomic mass is 10.1. The summed E-state index contributed by atoms with van der Waals surface area (Å²) in [6.07, 6.45) is 3.41. The van der Waals surface area contributed by atoms with Crippen molar-refractivity contribution in [2.75, 3.05) is 51.6 Å². The molecule has 0 radical (unpaired) electrons. The van der Waals surface area contributed by atoms with Crippen LogP contribution < -0.4 is 21.3 Å². The van der Waals surface area contributed by atoms with Crippen LogP contribution in [0.1, 0.15) is 17.0 Å². The molecule has 0 fully saturated rings. The van der Waals surface area contributed by atoms with Gasteiger partial charge in [0, 0.05) is 47.6 Å². The summed E-state index contributed by atoms with van der Waals surface area (Å²) in [7, 11) is -13.7. The minimum Gasteiger partial charge on any atom is -0.353 e. The van der Waals surface area contributed by atoms with Crippen molar-refractivity contribution in [1.29, 1.82) is 5.41 Å². The van der Waals surface area contributed by atoms with Crippen molar-refractivity contribution < 1.29 is 82.0 Å². The second-order valence-electron chi connectivity index (χ2n) is 11.5. The van der Waals surface area contributed by atoms with Crippen LogP contribution in [0.5, 0.6) is 0 Å². The Balaban J connectivity index is 1.63. The van der Waals surface area contributed by atoms with Crippen LogP contribution in [0.3, 0.4) is 0 Å². The van der Waals surface area contributed by atoms with Gasteiger partial charge in [0.25, 0.3) is 36.3 Å². The van der Waals surface area contributed by atoms with Gasteiger partial charge in [-0.25, -0.2) is 25.0 Å². The van der Waals surface area contributed by atoms with Crippen LogP contribution in [-0.2, 0) is 70.9 Å². The van der Waals surface area contributed by atoms with Crippen LogP contribution in [0.2, 0.25) is 0 Å². The Hall–Kier alpha value is -5.00. The summed E-state index contributed by atoms with van der Waals surface area (Å²) in [5.74, 6) is -2.75. The van der Waals surface area contributed by atoms with Crippen LogP contribution in [0.4, 0.5) is 41.1 Å². The van der Waals surface area contributed by atoms with Crippen molar-refractivity contribution in [3.63, 3.8) is 0 Å². The van der Waals surface area contributed by atoms with Crippen molar-refractivity contribution in [2.45, 2.75) is 16.2 Å². The quantitative estimate of drug-likeness (QED) is 0.00629. The molecule has 0 saturated carbocycles. The van der Waals surface area contributed by atoms with Gasteiger partial charge in [-0.3, -0.25) is 19.1 Å². The van der Waals surface area contributed by atoms with Gasteiger partial charge in [0.05, 0.1) is 35.7 Å². The third-order valence-corrected chi connectivity index (χ3v) is 11.2. The molecule has 1 unspecified atom stereocenters. The third-order valence-electron chi connectivity index (χ3n) is 7.02. The van der Waals surface area contributed by atoms with Crippen LogP contribution in [0, 0.1) is 5.41 Å². The van der Waals surface area contributed by atoms with E-state index in [-0.39, 0.29) is 76.2 Å². The first kappa shape index (κ1) is 51.6. The molecule has 30 nitrogen and oxygen atoms in total. The van der Waals surface area contributed by atoms with Gasteiger partial charge in [0.2, 0.25) is 34.9 Å². The maximum Gasteiger partial charge on any atom is 0.295 e. The molecular weight excluding hydrogens is 985 g/mol. The number of aromatic nitrogens is 6. The van der Waals surface area contributed by atoms with E-state index in [4.69, 9.17) is 30.3 Å². The summed E-state index contributed by atoms with van der Waals surface area (Å²) in [5, 5.41) is 50.9. The van der Waals surface area contributed by atoms with Gasteiger partial charge >= 0.3 is 0 Å². The normalized spacial score (nSPS) is 12.7. The van der Waals surface area contributed by atoms with Crippen molar-refractivity contribution >= 4 is 130 Å². The molecule has 4 aromatic rings. The summed E-state index contributed by atoms with van der Waals surface area (Å²) >= 11 is -1.42. The minimum atomic E-state index is -4.93. The summed E-state index contributed by atoms with van der Waals surface area (Å²) in [6.45, 7) is -0.686. The van der Waals surface area contributed by atoms with E-state index in [9.17, 15) is 34.0 Å². The fourth-order valence-corrected chi connectivity index (χ4v) is 7.02. The number of benzene rings is 2. The molecule has 64 heavy (non-hydrogen) atoms. The number of nitrogens with one attached hydrogen (secondary N) is 5. The first-order valence-electron chi connectivity index (χ1n) is 16.7. The van der Waals surface area contributed by atoms with E-state index >= 15 is 0 Å². The van der Waals surface area contributed by atoms with Gasteiger partial charge in [0.1, 0.15) is 15.8 Å². The van der Waals surface area contributed by atoms with Gasteiger partial charge < -0.3 is 21.3 Å². The van der Waals surface area contributed by atoms with Crippen LogP contribution >= 0.6 is 24.1 Å². The molecule has 348 valence electrons. The number of hydrogen-bond donors (Lipinski definition) is 11. The maximum atomic E-state index is 12.6. The van der Waals surface area contributed by atoms with E-state index in [1.807, 2.05) is 0 Å². The smallest absolute Gasteiger partial charge is 0.295 e. The predicted molar refractivity (Wildman–Crippen MR) is 227 cm³/mol. The molecule has 11 N–H and O–H groups in total. The largest absolute Gasteiger partial charge is 0.353 e. The lowest BCUT2D eigenvalue weighted by Gasteiger charge is -2.12. The molecule has 1 atom stereocenters. The van der Waals surface area contributed by atoms with Crippen molar-refractivity contribution in [3.8, 4) is 0 Å². The Kier molecular flexibility index (Phi) is 19.6. The van der Waals surface area contributed by atoms with Gasteiger partial charge in [-0.2, -0.15) is 55.2 Å². The predicted octanol–water partition coefficient (Wildman–Crippen LogP) is 2.43. The van der Waals surface area contributed by atoms with E-state index in [0.717, 1.165) is 6.07 Å². The van der Waals surface area contributed by atoms with E-state index in [1.165, 1.54) is 48.7 Å². The average molecular weight is 1020 g/mol. The highest BCUT2D eigenvalue weighted by Crippen LogP contribution is 2.31. The minimum absolute atomic E-state index is 0.00493. The second kappa shape index (κ2) is 24.3.